The van der Waals surface area contributed by atoms with Gasteiger partial charge >= 0.3 is 16.3 Å². The van der Waals surface area contributed by atoms with Crippen molar-refractivity contribution in [3.05, 3.63) is 0 Å². The van der Waals surface area contributed by atoms with Crippen LogP contribution < -0.4 is 15.2 Å². The maximum absolute atomic E-state index is 11.4. The fraction of sp³-hybridized carbons (Fsp3) is 0.889. The van der Waals surface area contributed by atoms with Crippen LogP contribution in [0.15, 0.2) is 0 Å². The maximum Gasteiger partial charge on any atom is 0.422 e. The van der Waals surface area contributed by atoms with E-state index in [-0.39, 0.29) is 24.6 Å². The van der Waals surface area contributed by atoms with Crippen molar-refractivity contribution in [1.29, 1.82) is 0 Å². The second kappa shape index (κ2) is 5.65. The Morgan fingerprint density at radius 1 is 1.47 bits per heavy atom. The van der Waals surface area contributed by atoms with Crippen LogP contribution in [0.25, 0.3) is 0 Å². The molecule has 0 heterocycles. The average Bonchev–Trinajstić information content (AvgIpc) is 2.07. The summed E-state index contributed by atoms with van der Waals surface area (Å²) in [5.41, 5.74) is 5.58. The highest BCUT2D eigenvalue weighted by molar-refractivity contribution is 7.88. The van der Waals surface area contributed by atoms with Crippen LogP contribution in [-0.2, 0) is 14.9 Å². The van der Waals surface area contributed by atoms with E-state index in [2.05, 4.69) is 9.46 Å². The molecule has 0 saturated heterocycles. The van der Waals surface area contributed by atoms with Gasteiger partial charge in [0.1, 0.15) is 0 Å². The van der Waals surface area contributed by atoms with Crippen LogP contribution in [0.5, 0.6) is 0 Å². The molecule has 0 aromatic carbocycles. The van der Waals surface area contributed by atoms with Crippen LogP contribution in [0, 0.1) is 5.92 Å². The van der Waals surface area contributed by atoms with E-state index in [4.69, 9.17) is 5.73 Å². The SMILES string of the molecule is CC(C)OC(=O)NS(=O)(=O)NCC1CC(N)C1. The van der Waals surface area contributed by atoms with Gasteiger partial charge in [-0.2, -0.15) is 13.1 Å². The highest BCUT2D eigenvalue weighted by Gasteiger charge is 2.27. The van der Waals surface area contributed by atoms with E-state index in [0.29, 0.717) is 0 Å². The summed E-state index contributed by atoms with van der Waals surface area (Å²) in [5, 5.41) is 0. The fourth-order valence-corrected chi connectivity index (χ4v) is 2.36. The molecule has 0 unspecified atom stereocenters. The molecule has 0 bridgehead atoms. The third-order valence-corrected chi connectivity index (χ3v) is 3.38. The first-order chi connectivity index (χ1) is 7.78. The Morgan fingerprint density at radius 3 is 2.53 bits per heavy atom. The minimum absolute atomic E-state index is 0.170. The van der Waals surface area contributed by atoms with E-state index in [1.54, 1.807) is 18.6 Å². The molecule has 17 heavy (non-hydrogen) atoms. The van der Waals surface area contributed by atoms with Crippen LogP contribution in [-0.4, -0.2) is 33.2 Å². The second-order valence-electron chi connectivity index (χ2n) is 4.51. The number of hydrogen-bond acceptors (Lipinski definition) is 5. The number of amides is 1. The topological polar surface area (TPSA) is 111 Å². The van der Waals surface area contributed by atoms with Gasteiger partial charge in [-0.15, -0.1) is 0 Å². The molecule has 1 amide bonds. The van der Waals surface area contributed by atoms with Crippen molar-refractivity contribution in [1.82, 2.24) is 9.44 Å². The molecule has 1 fully saturated rings. The van der Waals surface area contributed by atoms with E-state index < -0.39 is 16.3 Å². The molecule has 1 aliphatic rings. The first-order valence-corrected chi connectivity index (χ1v) is 7.00. The minimum atomic E-state index is -3.83. The van der Waals surface area contributed by atoms with Gasteiger partial charge in [-0.25, -0.2) is 9.52 Å². The monoisotopic (exact) mass is 265 g/mol. The van der Waals surface area contributed by atoms with E-state index >= 15 is 0 Å². The van der Waals surface area contributed by atoms with Gasteiger partial charge in [-0.3, -0.25) is 0 Å². The highest BCUT2D eigenvalue weighted by atomic mass is 32.2. The van der Waals surface area contributed by atoms with Crippen molar-refractivity contribution in [2.75, 3.05) is 6.54 Å². The summed E-state index contributed by atoms with van der Waals surface area (Å²) in [6.45, 7) is 3.56. The number of carbonyl (C=O) groups excluding carboxylic acids is 1. The lowest BCUT2D eigenvalue weighted by atomic mass is 9.81. The van der Waals surface area contributed by atoms with Crippen molar-refractivity contribution in [2.24, 2.45) is 11.7 Å². The van der Waals surface area contributed by atoms with Crippen LogP contribution in [0.3, 0.4) is 0 Å². The van der Waals surface area contributed by atoms with E-state index in [1.165, 1.54) is 0 Å². The lowest BCUT2D eigenvalue weighted by Crippen LogP contribution is -2.47. The first-order valence-electron chi connectivity index (χ1n) is 5.52. The van der Waals surface area contributed by atoms with Crippen LogP contribution >= 0.6 is 0 Å². The summed E-state index contributed by atoms with van der Waals surface area (Å²) < 4.78 is 31.5. The fourth-order valence-electron chi connectivity index (χ4n) is 1.57. The maximum atomic E-state index is 11.4. The number of nitrogens with two attached hydrogens (primary N) is 1. The van der Waals surface area contributed by atoms with Gasteiger partial charge in [0.25, 0.3) is 0 Å². The Kier molecular flexibility index (Phi) is 4.72. The predicted octanol–water partition coefficient (Wildman–Crippen LogP) is -0.307. The summed E-state index contributed by atoms with van der Waals surface area (Å²) in [5.74, 6) is 0.252. The van der Waals surface area contributed by atoms with Crippen molar-refractivity contribution < 1.29 is 17.9 Å². The first kappa shape index (κ1) is 14.2. The summed E-state index contributed by atoms with van der Waals surface area (Å²) in [4.78, 5) is 11.1. The van der Waals surface area contributed by atoms with Gasteiger partial charge in [0, 0.05) is 12.6 Å². The van der Waals surface area contributed by atoms with Crippen molar-refractivity contribution in [3.63, 3.8) is 0 Å². The zero-order chi connectivity index (χ0) is 13.1. The second-order valence-corrected chi connectivity index (χ2v) is 6.01. The quantitative estimate of drug-likeness (QED) is 0.631. The molecule has 1 rings (SSSR count). The molecular weight excluding hydrogens is 246 g/mol. The number of hydrogen-bond donors (Lipinski definition) is 3. The predicted molar refractivity (Wildman–Crippen MR) is 62.4 cm³/mol. The van der Waals surface area contributed by atoms with Crippen molar-refractivity contribution in [3.8, 4) is 0 Å². The van der Waals surface area contributed by atoms with Gasteiger partial charge in [0.05, 0.1) is 6.10 Å². The molecule has 0 aromatic rings. The Bertz CT molecular complexity index is 362. The largest absolute Gasteiger partial charge is 0.446 e. The Balaban J connectivity index is 2.28. The van der Waals surface area contributed by atoms with Gasteiger partial charge in [0.15, 0.2) is 0 Å². The number of nitrogens with one attached hydrogen (secondary N) is 2. The van der Waals surface area contributed by atoms with Crippen LogP contribution in [0.2, 0.25) is 0 Å². The molecule has 4 N–H and O–H groups in total. The summed E-state index contributed by atoms with van der Waals surface area (Å²) >= 11 is 0. The number of rotatable bonds is 5. The van der Waals surface area contributed by atoms with E-state index in [0.717, 1.165) is 12.8 Å². The molecule has 0 atom stereocenters. The number of carbonyl (C=O) groups is 1. The molecule has 0 radical (unpaired) electrons. The van der Waals surface area contributed by atoms with Gasteiger partial charge in [-0.1, -0.05) is 0 Å². The molecule has 7 nitrogen and oxygen atoms in total. The molecule has 8 heteroatoms. The Morgan fingerprint density at radius 2 is 2.06 bits per heavy atom. The van der Waals surface area contributed by atoms with Crippen LogP contribution in [0.4, 0.5) is 4.79 Å². The Hall–Kier alpha value is -0.860. The molecule has 0 aromatic heterocycles. The third-order valence-electron chi connectivity index (χ3n) is 2.39. The van der Waals surface area contributed by atoms with E-state index in [1.807, 2.05) is 0 Å². The molecule has 100 valence electrons. The molecule has 1 saturated carbocycles. The molecule has 0 aliphatic heterocycles. The summed E-state index contributed by atoms with van der Waals surface area (Å²) in [7, 11) is -3.83. The van der Waals surface area contributed by atoms with Gasteiger partial charge < -0.3 is 10.5 Å². The summed E-state index contributed by atoms with van der Waals surface area (Å²) in [6.07, 6.45) is 0.269. The molecule has 0 spiro atoms. The normalized spacial score (nSPS) is 24.2. The Labute approximate surface area is 101 Å². The van der Waals surface area contributed by atoms with Gasteiger partial charge in [0.2, 0.25) is 0 Å². The van der Waals surface area contributed by atoms with Crippen LogP contribution in [0.1, 0.15) is 26.7 Å². The molecular formula is C9H19N3O4S. The zero-order valence-corrected chi connectivity index (χ0v) is 10.8. The lowest BCUT2D eigenvalue weighted by molar-refractivity contribution is 0.121. The lowest BCUT2D eigenvalue weighted by Gasteiger charge is -2.32. The smallest absolute Gasteiger partial charge is 0.422 e. The zero-order valence-electron chi connectivity index (χ0n) is 9.97. The average molecular weight is 265 g/mol. The standard InChI is InChI=1S/C9H19N3O4S/c1-6(2)16-9(13)12-17(14,15)11-5-7-3-8(10)4-7/h6-8,11H,3-5,10H2,1-2H3,(H,12,13). The highest BCUT2D eigenvalue weighted by Crippen LogP contribution is 2.24. The van der Waals surface area contributed by atoms with Gasteiger partial charge in [-0.05, 0) is 32.6 Å². The van der Waals surface area contributed by atoms with Crippen molar-refractivity contribution in [2.45, 2.75) is 38.8 Å². The number of ether oxygens (including phenoxy) is 1. The third kappa shape index (κ3) is 5.33. The summed E-state index contributed by atoms with van der Waals surface area (Å²) in [6, 6.07) is 0.170. The van der Waals surface area contributed by atoms with E-state index in [9.17, 15) is 13.2 Å². The van der Waals surface area contributed by atoms with Crippen molar-refractivity contribution >= 4 is 16.3 Å². The minimum Gasteiger partial charge on any atom is -0.446 e. The molecule has 1 aliphatic carbocycles.